The van der Waals surface area contributed by atoms with Gasteiger partial charge in [-0.15, -0.1) is 0 Å². The lowest BCUT2D eigenvalue weighted by atomic mass is 10.0. The molecule has 9 heteroatoms. The highest BCUT2D eigenvalue weighted by molar-refractivity contribution is 7.92. The van der Waals surface area contributed by atoms with Gasteiger partial charge in [-0.1, -0.05) is 60.5 Å². The van der Waals surface area contributed by atoms with Crippen LogP contribution in [0.1, 0.15) is 50.8 Å². The van der Waals surface area contributed by atoms with Crippen LogP contribution in [0, 0.1) is 13.8 Å². The number of rotatable bonds is 10. The van der Waals surface area contributed by atoms with Crippen LogP contribution in [-0.2, 0) is 26.2 Å². The standard InChI is InChI=1S/C31H38ClN3O4S/c1-7-28(30(37)33-31(4,5)6)34(20-24-12-8-10-22(2)18-24)29(36)21-35(26-13-9-11-23(3)19-26)40(38,39)27-16-14-25(32)15-17-27/h8-19,28H,7,20-21H2,1-6H3,(H,33,37)/t28-/m1/s1. The van der Waals surface area contributed by atoms with Gasteiger partial charge in [-0.05, 0) is 88.6 Å². The van der Waals surface area contributed by atoms with Crippen molar-refractivity contribution in [3.05, 3.63) is 94.5 Å². The van der Waals surface area contributed by atoms with Gasteiger partial charge in [0, 0.05) is 17.1 Å². The van der Waals surface area contributed by atoms with Gasteiger partial charge in [-0.2, -0.15) is 0 Å². The predicted molar refractivity (Wildman–Crippen MR) is 161 cm³/mol. The van der Waals surface area contributed by atoms with E-state index < -0.39 is 34.1 Å². The lowest BCUT2D eigenvalue weighted by Gasteiger charge is -2.35. The summed E-state index contributed by atoms with van der Waals surface area (Å²) in [5, 5.41) is 3.38. The summed E-state index contributed by atoms with van der Waals surface area (Å²) in [6.07, 6.45) is 0.355. The molecule has 1 N–H and O–H groups in total. The number of sulfonamides is 1. The number of anilines is 1. The number of nitrogens with zero attached hydrogens (tertiary/aromatic N) is 2. The number of nitrogens with one attached hydrogen (secondary N) is 1. The van der Waals surface area contributed by atoms with Crippen molar-refractivity contribution in [2.45, 2.75) is 71.0 Å². The molecule has 0 aromatic heterocycles. The zero-order valence-electron chi connectivity index (χ0n) is 23.9. The molecule has 3 rings (SSSR count). The van der Waals surface area contributed by atoms with E-state index in [2.05, 4.69) is 5.32 Å². The van der Waals surface area contributed by atoms with Crippen LogP contribution in [0.3, 0.4) is 0 Å². The fourth-order valence-electron chi connectivity index (χ4n) is 4.43. The zero-order valence-corrected chi connectivity index (χ0v) is 25.5. The molecule has 0 heterocycles. The summed E-state index contributed by atoms with van der Waals surface area (Å²) in [6.45, 7) is 10.9. The molecule has 3 aromatic carbocycles. The van der Waals surface area contributed by atoms with Gasteiger partial charge >= 0.3 is 0 Å². The van der Waals surface area contributed by atoms with Crippen LogP contribution in [0.5, 0.6) is 0 Å². The Morgan fingerprint density at radius 2 is 1.52 bits per heavy atom. The molecule has 0 fully saturated rings. The molecule has 40 heavy (non-hydrogen) atoms. The Kier molecular flexibility index (Phi) is 10.0. The Labute approximate surface area is 243 Å². The Hall–Kier alpha value is -3.36. The highest BCUT2D eigenvalue weighted by Gasteiger charge is 2.34. The fourth-order valence-corrected chi connectivity index (χ4v) is 5.96. The van der Waals surface area contributed by atoms with E-state index in [9.17, 15) is 18.0 Å². The maximum Gasteiger partial charge on any atom is 0.264 e. The third-order valence-electron chi connectivity index (χ3n) is 6.29. The van der Waals surface area contributed by atoms with Crippen LogP contribution >= 0.6 is 11.6 Å². The van der Waals surface area contributed by atoms with Crippen molar-refractivity contribution >= 4 is 39.1 Å². The van der Waals surface area contributed by atoms with Crippen molar-refractivity contribution in [3.63, 3.8) is 0 Å². The van der Waals surface area contributed by atoms with Crippen LogP contribution in [0.25, 0.3) is 0 Å². The highest BCUT2D eigenvalue weighted by Crippen LogP contribution is 2.26. The summed E-state index contributed by atoms with van der Waals surface area (Å²) in [7, 11) is -4.15. The van der Waals surface area contributed by atoms with Crippen molar-refractivity contribution in [1.82, 2.24) is 10.2 Å². The molecule has 0 saturated heterocycles. The Balaban J connectivity index is 2.08. The van der Waals surface area contributed by atoms with Gasteiger partial charge in [0.05, 0.1) is 10.6 Å². The van der Waals surface area contributed by atoms with Gasteiger partial charge in [0.2, 0.25) is 11.8 Å². The van der Waals surface area contributed by atoms with Crippen molar-refractivity contribution < 1.29 is 18.0 Å². The maximum atomic E-state index is 14.1. The van der Waals surface area contributed by atoms with Crippen LogP contribution in [0.2, 0.25) is 5.02 Å². The van der Waals surface area contributed by atoms with E-state index in [1.165, 1.54) is 29.2 Å². The topological polar surface area (TPSA) is 86.8 Å². The van der Waals surface area contributed by atoms with Crippen molar-refractivity contribution in [2.75, 3.05) is 10.8 Å². The van der Waals surface area contributed by atoms with E-state index in [-0.39, 0.29) is 17.3 Å². The van der Waals surface area contributed by atoms with Gasteiger partial charge in [0.25, 0.3) is 10.0 Å². The van der Waals surface area contributed by atoms with Crippen LogP contribution in [-0.4, -0.2) is 43.3 Å². The molecule has 0 saturated carbocycles. The van der Waals surface area contributed by atoms with Gasteiger partial charge in [-0.25, -0.2) is 8.42 Å². The quantitative estimate of drug-likeness (QED) is 0.323. The molecule has 0 aliphatic rings. The molecule has 0 unspecified atom stereocenters. The van der Waals surface area contributed by atoms with Crippen LogP contribution in [0.15, 0.2) is 77.7 Å². The summed E-state index contributed by atoms with van der Waals surface area (Å²) in [4.78, 5) is 29.0. The predicted octanol–water partition coefficient (Wildman–Crippen LogP) is 5.87. The van der Waals surface area contributed by atoms with E-state index in [1.54, 1.807) is 18.2 Å². The Morgan fingerprint density at radius 3 is 2.08 bits per heavy atom. The molecule has 0 spiro atoms. The molecule has 0 aliphatic heterocycles. The van der Waals surface area contributed by atoms with E-state index >= 15 is 0 Å². The highest BCUT2D eigenvalue weighted by atomic mass is 35.5. The summed E-state index contributed by atoms with van der Waals surface area (Å²) >= 11 is 6.01. The third kappa shape index (κ3) is 8.08. The number of hydrogen-bond donors (Lipinski definition) is 1. The molecule has 3 aromatic rings. The SMILES string of the molecule is CC[C@H](C(=O)NC(C)(C)C)N(Cc1cccc(C)c1)C(=O)CN(c1cccc(C)c1)S(=O)(=O)c1ccc(Cl)cc1. The number of halogens is 1. The first-order valence-electron chi connectivity index (χ1n) is 13.2. The third-order valence-corrected chi connectivity index (χ3v) is 8.33. The molecule has 0 radical (unpaired) electrons. The number of benzene rings is 3. The summed E-state index contributed by atoms with van der Waals surface area (Å²) in [6, 6.07) is 19.7. The first kappa shape index (κ1) is 31.2. The summed E-state index contributed by atoms with van der Waals surface area (Å²) < 4.78 is 28.9. The monoisotopic (exact) mass is 583 g/mol. The van der Waals surface area contributed by atoms with Crippen molar-refractivity contribution in [1.29, 1.82) is 0 Å². The lowest BCUT2D eigenvalue weighted by Crippen LogP contribution is -2.55. The first-order chi connectivity index (χ1) is 18.7. The molecule has 1 atom stereocenters. The number of aryl methyl sites for hydroxylation is 2. The first-order valence-corrected chi connectivity index (χ1v) is 15.0. The van der Waals surface area contributed by atoms with Crippen molar-refractivity contribution in [2.24, 2.45) is 0 Å². The Bertz CT molecular complexity index is 1450. The number of carbonyl (C=O) groups excluding carboxylic acids is 2. The summed E-state index contributed by atoms with van der Waals surface area (Å²) in [5.74, 6) is -0.782. The largest absolute Gasteiger partial charge is 0.350 e. The molecule has 0 aliphatic carbocycles. The minimum absolute atomic E-state index is 0.00829. The molecule has 2 amide bonds. The average Bonchev–Trinajstić information content (AvgIpc) is 2.86. The lowest BCUT2D eigenvalue weighted by molar-refractivity contribution is -0.141. The van der Waals surface area contributed by atoms with Crippen LogP contribution in [0.4, 0.5) is 5.69 Å². The molecule has 214 valence electrons. The van der Waals surface area contributed by atoms with E-state index in [1.807, 2.05) is 71.9 Å². The van der Waals surface area contributed by atoms with Crippen molar-refractivity contribution in [3.8, 4) is 0 Å². The maximum absolute atomic E-state index is 14.1. The second-order valence-corrected chi connectivity index (χ2v) is 13.3. The molecular weight excluding hydrogens is 546 g/mol. The Morgan fingerprint density at radius 1 is 0.925 bits per heavy atom. The van der Waals surface area contributed by atoms with E-state index in [4.69, 9.17) is 11.6 Å². The number of carbonyl (C=O) groups is 2. The second-order valence-electron chi connectivity index (χ2n) is 11.0. The van der Waals surface area contributed by atoms with E-state index in [0.29, 0.717) is 17.1 Å². The normalized spacial score (nSPS) is 12.5. The smallest absolute Gasteiger partial charge is 0.264 e. The fraction of sp³-hybridized carbons (Fsp3) is 0.355. The van der Waals surface area contributed by atoms with Gasteiger partial charge in [0.15, 0.2) is 0 Å². The van der Waals surface area contributed by atoms with Crippen LogP contribution < -0.4 is 9.62 Å². The van der Waals surface area contributed by atoms with Gasteiger partial charge in [0.1, 0.15) is 12.6 Å². The summed E-state index contributed by atoms with van der Waals surface area (Å²) in [5.41, 5.74) is 2.55. The average molecular weight is 584 g/mol. The molecular formula is C31H38ClN3O4S. The number of amides is 2. The number of hydrogen-bond acceptors (Lipinski definition) is 4. The molecule has 7 nitrogen and oxygen atoms in total. The van der Waals surface area contributed by atoms with E-state index in [0.717, 1.165) is 21.0 Å². The van der Waals surface area contributed by atoms with Gasteiger partial charge in [-0.3, -0.25) is 13.9 Å². The molecule has 0 bridgehead atoms. The minimum Gasteiger partial charge on any atom is -0.350 e. The second kappa shape index (κ2) is 12.9. The minimum atomic E-state index is -4.15. The van der Waals surface area contributed by atoms with Gasteiger partial charge < -0.3 is 10.2 Å². The zero-order chi connectivity index (χ0) is 29.7.